The molecule has 25 heavy (non-hydrogen) atoms. The summed E-state index contributed by atoms with van der Waals surface area (Å²) in [6.07, 6.45) is -5.57. The molecule has 3 rings (SSSR count). The Morgan fingerprint density at radius 3 is 2.64 bits per heavy atom. The number of carboxylic acids is 1. The first-order chi connectivity index (χ1) is 11.7. The molecule has 1 atom stereocenters. The van der Waals surface area contributed by atoms with Crippen LogP contribution in [0.2, 0.25) is 0 Å². The summed E-state index contributed by atoms with van der Waals surface area (Å²) >= 11 is 0. The minimum atomic E-state index is -4.47. The van der Waals surface area contributed by atoms with Gasteiger partial charge in [-0.25, -0.2) is 4.79 Å². The summed E-state index contributed by atoms with van der Waals surface area (Å²) in [5.41, 5.74) is -0.110. The molecular weight excluding hydrogens is 341 g/mol. The topological polar surface area (TPSA) is 71.8 Å². The lowest BCUT2D eigenvalue weighted by molar-refractivity contribution is -0.154. The zero-order valence-electron chi connectivity index (χ0n) is 13.2. The molecule has 1 amide bonds. The van der Waals surface area contributed by atoms with E-state index in [1.54, 1.807) is 7.05 Å². The number of hydrogen-bond acceptors (Lipinski definition) is 3. The van der Waals surface area contributed by atoms with E-state index in [9.17, 15) is 22.8 Å². The van der Waals surface area contributed by atoms with Crippen LogP contribution in [-0.4, -0.2) is 52.3 Å². The first kappa shape index (κ1) is 17.3. The Morgan fingerprint density at radius 2 is 2.00 bits per heavy atom. The van der Waals surface area contributed by atoms with E-state index in [2.05, 4.69) is 0 Å². The van der Waals surface area contributed by atoms with Gasteiger partial charge in [-0.1, -0.05) is 0 Å². The third kappa shape index (κ3) is 3.19. The molecule has 2 heterocycles. The molecule has 9 heteroatoms. The molecule has 1 fully saturated rings. The van der Waals surface area contributed by atoms with Crippen molar-refractivity contribution in [1.29, 1.82) is 0 Å². The summed E-state index contributed by atoms with van der Waals surface area (Å²) in [6, 6.07) is 4.66. The van der Waals surface area contributed by atoms with Crippen LogP contribution in [0.3, 0.4) is 0 Å². The number of aliphatic carboxylic acids is 1. The molecule has 0 radical (unpaired) electrons. The fourth-order valence-corrected chi connectivity index (χ4v) is 2.88. The van der Waals surface area contributed by atoms with Gasteiger partial charge in [0.15, 0.2) is 6.10 Å². The van der Waals surface area contributed by atoms with E-state index in [1.807, 2.05) is 0 Å². The molecule has 2 aromatic rings. The van der Waals surface area contributed by atoms with Gasteiger partial charge in [-0.3, -0.25) is 4.79 Å². The van der Waals surface area contributed by atoms with Gasteiger partial charge in [0.25, 0.3) is 5.91 Å². The highest BCUT2D eigenvalue weighted by atomic mass is 19.4. The Morgan fingerprint density at radius 1 is 1.28 bits per heavy atom. The number of ether oxygens (including phenoxy) is 1. The molecule has 0 bridgehead atoms. The van der Waals surface area contributed by atoms with E-state index in [0.29, 0.717) is 10.9 Å². The summed E-state index contributed by atoms with van der Waals surface area (Å²) in [5.74, 6) is -1.61. The van der Waals surface area contributed by atoms with Crippen molar-refractivity contribution in [3.8, 4) is 0 Å². The molecule has 0 saturated carbocycles. The molecule has 1 aliphatic rings. The number of carbonyl (C=O) groups excluding carboxylic acids is 1. The number of halogens is 3. The van der Waals surface area contributed by atoms with E-state index in [4.69, 9.17) is 9.84 Å². The average Bonchev–Trinajstić information content (AvgIpc) is 2.90. The van der Waals surface area contributed by atoms with Crippen LogP contribution in [0.5, 0.6) is 0 Å². The normalized spacial score (nSPS) is 18.6. The van der Waals surface area contributed by atoms with Crippen LogP contribution < -0.4 is 0 Å². The van der Waals surface area contributed by atoms with Gasteiger partial charge in [-0.05, 0) is 24.3 Å². The predicted molar refractivity (Wildman–Crippen MR) is 81.2 cm³/mol. The molecule has 1 saturated heterocycles. The van der Waals surface area contributed by atoms with Gasteiger partial charge in [0, 0.05) is 24.5 Å². The number of alkyl halides is 3. The lowest BCUT2D eigenvalue weighted by atomic mass is 10.1. The highest BCUT2D eigenvalue weighted by molar-refractivity contribution is 5.99. The maximum atomic E-state index is 12.8. The number of aromatic nitrogens is 1. The summed E-state index contributed by atoms with van der Waals surface area (Å²) in [4.78, 5) is 25.0. The Hall–Kier alpha value is -2.55. The molecule has 0 unspecified atom stereocenters. The number of fused-ring (bicyclic) bond motifs is 1. The minimum absolute atomic E-state index is 0.0882. The summed E-state index contributed by atoms with van der Waals surface area (Å²) in [5, 5.41) is 9.30. The SMILES string of the molecule is Cn1c(C(=O)N2CCO[C@@H](C(=O)O)C2)cc2cc(C(F)(F)F)ccc21. The number of amides is 1. The smallest absolute Gasteiger partial charge is 0.416 e. The van der Waals surface area contributed by atoms with E-state index < -0.39 is 29.7 Å². The van der Waals surface area contributed by atoms with Crippen molar-refractivity contribution in [3.63, 3.8) is 0 Å². The van der Waals surface area contributed by atoms with Crippen molar-refractivity contribution in [3.05, 3.63) is 35.5 Å². The number of carbonyl (C=O) groups is 2. The monoisotopic (exact) mass is 356 g/mol. The molecule has 1 N–H and O–H groups in total. The standard InChI is InChI=1S/C16H15F3N2O4/c1-20-11-3-2-10(16(17,18)19)6-9(11)7-12(20)14(22)21-4-5-25-13(8-21)15(23)24/h2-3,6-7,13H,4-5,8H2,1H3,(H,23,24)/t13-/m1/s1. The van der Waals surface area contributed by atoms with Crippen LogP contribution in [-0.2, 0) is 22.8 Å². The van der Waals surface area contributed by atoms with Gasteiger partial charge >= 0.3 is 12.1 Å². The third-order valence-corrected chi connectivity index (χ3v) is 4.22. The number of benzene rings is 1. The molecule has 1 aromatic heterocycles. The van der Waals surface area contributed by atoms with Gasteiger partial charge in [-0.15, -0.1) is 0 Å². The van der Waals surface area contributed by atoms with Gasteiger partial charge in [0.1, 0.15) is 5.69 Å². The zero-order valence-corrected chi connectivity index (χ0v) is 13.2. The fraction of sp³-hybridized carbons (Fsp3) is 0.375. The first-order valence-corrected chi connectivity index (χ1v) is 7.49. The molecule has 6 nitrogen and oxygen atoms in total. The Bertz CT molecular complexity index is 844. The van der Waals surface area contributed by atoms with Crippen LogP contribution in [0.1, 0.15) is 16.1 Å². The number of nitrogens with zero attached hydrogens (tertiary/aromatic N) is 2. The quantitative estimate of drug-likeness (QED) is 0.895. The largest absolute Gasteiger partial charge is 0.479 e. The maximum absolute atomic E-state index is 12.8. The molecule has 1 aromatic carbocycles. The second kappa shape index (κ2) is 6.07. The highest BCUT2D eigenvalue weighted by Crippen LogP contribution is 2.32. The number of hydrogen-bond donors (Lipinski definition) is 1. The molecule has 0 spiro atoms. The van der Waals surface area contributed by atoms with E-state index in [0.717, 1.165) is 12.1 Å². The van der Waals surface area contributed by atoms with Crippen molar-refractivity contribution < 1.29 is 32.6 Å². The van der Waals surface area contributed by atoms with Crippen LogP contribution in [0, 0.1) is 0 Å². The maximum Gasteiger partial charge on any atom is 0.416 e. The van der Waals surface area contributed by atoms with Crippen molar-refractivity contribution in [2.75, 3.05) is 19.7 Å². The molecule has 1 aliphatic heterocycles. The van der Waals surface area contributed by atoms with Crippen molar-refractivity contribution >= 4 is 22.8 Å². The van der Waals surface area contributed by atoms with Crippen molar-refractivity contribution in [2.24, 2.45) is 7.05 Å². The lowest BCUT2D eigenvalue weighted by Gasteiger charge is -2.30. The number of aryl methyl sites for hydroxylation is 1. The lowest BCUT2D eigenvalue weighted by Crippen LogP contribution is -2.48. The van der Waals surface area contributed by atoms with Crippen LogP contribution in [0.25, 0.3) is 10.9 Å². The first-order valence-electron chi connectivity index (χ1n) is 7.49. The summed E-state index contributed by atoms with van der Waals surface area (Å²) in [6.45, 7) is 0.201. The number of rotatable bonds is 2. The summed E-state index contributed by atoms with van der Waals surface area (Å²) < 4.78 is 45.1. The second-order valence-corrected chi connectivity index (χ2v) is 5.81. The van der Waals surface area contributed by atoms with Gasteiger partial charge < -0.3 is 19.3 Å². The minimum Gasteiger partial charge on any atom is -0.479 e. The average molecular weight is 356 g/mol. The molecule has 134 valence electrons. The van der Waals surface area contributed by atoms with Gasteiger partial charge in [-0.2, -0.15) is 13.2 Å². The van der Waals surface area contributed by atoms with Gasteiger partial charge in [0.05, 0.1) is 18.7 Å². The third-order valence-electron chi connectivity index (χ3n) is 4.22. The Kier molecular flexibility index (Phi) is 4.19. The second-order valence-electron chi connectivity index (χ2n) is 5.81. The van der Waals surface area contributed by atoms with E-state index in [1.165, 1.54) is 21.6 Å². The molecular formula is C16H15F3N2O4. The zero-order chi connectivity index (χ0) is 18.4. The van der Waals surface area contributed by atoms with Crippen LogP contribution >= 0.6 is 0 Å². The number of morpholine rings is 1. The Balaban J connectivity index is 1.94. The predicted octanol–water partition coefficient (Wildman–Crippen LogP) is 2.12. The van der Waals surface area contributed by atoms with E-state index in [-0.39, 0.29) is 25.4 Å². The van der Waals surface area contributed by atoms with Gasteiger partial charge in [0.2, 0.25) is 0 Å². The van der Waals surface area contributed by atoms with Crippen LogP contribution in [0.15, 0.2) is 24.3 Å². The summed E-state index contributed by atoms with van der Waals surface area (Å²) in [7, 11) is 1.58. The number of carboxylic acid groups (broad SMARTS) is 1. The highest BCUT2D eigenvalue weighted by Gasteiger charge is 2.32. The fourth-order valence-electron chi connectivity index (χ4n) is 2.88. The van der Waals surface area contributed by atoms with Crippen LogP contribution in [0.4, 0.5) is 13.2 Å². The van der Waals surface area contributed by atoms with Crippen molar-refractivity contribution in [2.45, 2.75) is 12.3 Å². The van der Waals surface area contributed by atoms with Crippen molar-refractivity contribution in [1.82, 2.24) is 9.47 Å². The molecule has 0 aliphatic carbocycles. The Labute approximate surface area is 140 Å². The van der Waals surface area contributed by atoms with E-state index >= 15 is 0 Å².